The highest BCUT2D eigenvalue weighted by Gasteiger charge is 2.01. The van der Waals surface area contributed by atoms with Gasteiger partial charge in [0.05, 0.1) is 10.8 Å². The van der Waals surface area contributed by atoms with Gasteiger partial charge in [0.2, 0.25) is 0 Å². The minimum Gasteiger partial charge on any atom is -0.319 e. The van der Waals surface area contributed by atoms with Crippen LogP contribution in [0.1, 0.15) is 5.56 Å². The first-order chi connectivity index (χ1) is 6.24. The fraction of sp³-hybridized carbons (Fsp3) is 0.400. The lowest BCUT2D eigenvalue weighted by Gasteiger charge is -2.02. The van der Waals surface area contributed by atoms with Crippen LogP contribution in [0.25, 0.3) is 0 Å². The second-order valence-corrected chi connectivity index (χ2v) is 4.54. The monoisotopic (exact) mass is 197 g/mol. The van der Waals surface area contributed by atoms with Gasteiger partial charge in [-0.25, -0.2) is 0 Å². The second-order valence-electron chi connectivity index (χ2n) is 2.97. The normalized spacial score (nSPS) is 12.8. The molecule has 72 valence electrons. The average molecular weight is 197 g/mol. The molecule has 0 aliphatic rings. The van der Waals surface area contributed by atoms with Crippen molar-refractivity contribution in [3.05, 3.63) is 29.8 Å². The molecule has 1 atom stereocenters. The smallest absolute Gasteiger partial charge is 0.0542 e. The summed E-state index contributed by atoms with van der Waals surface area (Å²) in [7, 11) is 1.01. The van der Waals surface area contributed by atoms with E-state index in [1.807, 2.05) is 38.2 Å². The molecule has 0 heterocycles. The summed E-state index contributed by atoms with van der Waals surface area (Å²) in [5.74, 6) is 0.681. The molecule has 13 heavy (non-hydrogen) atoms. The Kier molecular flexibility index (Phi) is 4.12. The summed E-state index contributed by atoms with van der Waals surface area (Å²) in [6, 6.07) is 7.85. The first-order valence-electron chi connectivity index (χ1n) is 4.33. The number of hydrogen-bond donors (Lipinski definition) is 1. The number of aryl methyl sites for hydroxylation is 1. The molecule has 0 fully saturated rings. The molecule has 0 saturated heterocycles. The number of benzene rings is 1. The van der Waals surface area contributed by atoms with Crippen LogP contribution in [0.5, 0.6) is 0 Å². The van der Waals surface area contributed by atoms with Gasteiger partial charge in [0, 0.05) is 17.2 Å². The Labute approximate surface area is 81.8 Å². The van der Waals surface area contributed by atoms with Gasteiger partial charge in [0.25, 0.3) is 0 Å². The molecule has 0 radical (unpaired) electrons. The Morgan fingerprint density at radius 1 is 1.46 bits per heavy atom. The van der Waals surface area contributed by atoms with Crippen molar-refractivity contribution in [1.82, 2.24) is 5.32 Å². The minimum absolute atomic E-state index is 0.681. The van der Waals surface area contributed by atoms with E-state index in [-0.39, 0.29) is 0 Å². The third-order valence-corrected chi connectivity index (χ3v) is 3.14. The summed E-state index contributed by atoms with van der Waals surface area (Å²) >= 11 is 0. The maximum atomic E-state index is 11.6. The number of hydrogen-bond acceptors (Lipinski definition) is 2. The Morgan fingerprint density at radius 2 is 2.23 bits per heavy atom. The molecule has 0 aliphatic heterocycles. The zero-order valence-electron chi connectivity index (χ0n) is 8.04. The van der Waals surface area contributed by atoms with E-state index in [0.717, 1.165) is 17.0 Å². The fourth-order valence-electron chi connectivity index (χ4n) is 1.07. The topological polar surface area (TPSA) is 29.1 Å². The summed E-state index contributed by atoms with van der Waals surface area (Å²) in [4.78, 5) is 0.926. The van der Waals surface area contributed by atoms with Crippen molar-refractivity contribution in [3.8, 4) is 0 Å². The van der Waals surface area contributed by atoms with Gasteiger partial charge in [0.1, 0.15) is 0 Å². The predicted octanol–water partition coefficient (Wildman–Crippen LogP) is 1.32. The molecule has 0 spiro atoms. The van der Waals surface area contributed by atoms with Crippen LogP contribution in [0, 0.1) is 6.92 Å². The lowest BCUT2D eigenvalue weighted by atomic mass is 10.2. The van der Waals surface area contributed by atoms with Crippen molar-refractivity contribution >= 4 is 10.8 Å². The lowest BCUT2D eigenvalue weighted by Crippen LogP contribution is -2.15. The van der Waals surface area contributed by atoms with Crippen molar-refractivity contribution < 1.29 is 4.21 Å². The van der Waals surface area contributed by atoms with Gasteiger partial charge in [-0.2, -0.15) is 0 Å². The SMILES string of the molecule is CNCCS(=O)c1cccc(C)c1. The molecule has 0 aromatic heterocycles. The summed E-state index contributed by atoms with van der Waals surface area (Å²) in [5, 5.41) is 2.99. The molecule has 0 amide bonds. The number of nitrogens with one attached hydrogen (secondary N) is 1. The number of rotatable bonds is 4. The lowest BCUT2D eigenvalue weighted by molar-refractivity contribution is 0.680. The third kappa shape index (κ3) is 3.28. The highest BCUT2D eigenvalue weighted by molar-refractivity contribution is 7.85. The van der Waals surface area contributed by atoms with E-state index in [9.17, 15) is 4.21 Å². The van der Waals surface area contributed by atoms with E-state index in [0.29, 0.717) is 5.75 Å². The Morgan fingerprint density at radius 3 is 2.85 bits per heavy atom. The highest BCUT2D eigenvalue weighted by Crippen LogP contribution is 2.08. The van der Waals surface area contributed by atoms with E-state index < -0.39 is 10.8 Å². The molecule has 1 unspecified atom stereocenters. The van der Waals surface area contributed by atoms with Gasteiger partial charge in [-0.3, -0.25) is 4.21 Å². The highest BCUT2D eigenvalue weighted by atomic mass is 32.2. The van der Waals surface area contributed by atoms with Crippen LogP contribution in [-0.4, -0.2) is 23.6 Å². The molecule has 3 heteroatoms. The molecule has 1 aromatic rings. The molecular formula is C10H15NOS. The van der Waals surface area contributed by atoms with Crippen molar-refractivity contribution in [1.29, 1.82) is 0 Å². The molecule has 0 bridgehead atoms. The predicted molar refractivity (Wildman–Crippen MR) is 56.4 cm³/mol. The molecule has 1 rings (SSSR count). The van der Waals surface area contributed by atoms with Crippen LogP contribution in [0.4, 0.5) is 0 Å². The first kappa shape index (κ1) is 10.4. The molecule has 0 saturated carbocycles. The minimum atomic E-state index is -0.856. The quantitative estimate of drug-likeness (QED) is 0.789. The van der Waals surface area contributed by atoms with Crippen LogP contribution in [0.3, 0.4) is 0 Å². The summed E-state index contributed by atoms with van der Waals surface area (Å²) < 4.78 is 11.6. The standard InChI is InChI=1S/C10H15NOS/c1-9-4-3-5-10(8-9)13(12)7-6-11-2/h3-5,8,11H,6-7H2,1-2H3. The van der Waals surface area contributed by atoms with Crippen LogP contribution < -0.4 is 5.32 Å². The zero-order valence-corrected chi connectivity index (χ0v) is 8.86. The van der Waals surface area contributed by atoms with Crippen LogP contribution in [-0.2, 0) is 10.8 Å². The van der Waals surface area contributed by atoms with E-state index >= 15 is 0 Å². The van der Waals surface area contributed by atoms with Crippen LogP contribution in [0.2, 0.25) is 0 Å². The van der Waals surface area contributed by atoms with Crippen molar-refractivity contribution in [2.75, 3.05) is 19.3 Å². The Hall–Kier alpha value is -0.670. The Bertz CT molecular complexity index is 299. The largest absolute Gasteiger partial charge is 0.319 e. The van der Waals surface area contributed by atoms with Gasteiger partial charge in [-0.15, -0.1) is 0 Å². The van der Waals surface area contributed by atoms with Crippen molar-refractivity contribution in [2.45, 2.75) is 11.8 Å². The second kappa shape index (κ2) is 5.14. The van der Waals surface area contributed by atoms with Crippen molar-refractivity contribution in [2.24, 2.45) is 0 Å². The van der Waals surface area contributed by atoms with Crippen molar-refractivity contribution in [3.63, 3.8) is 0 Å². The maximum Gasteiger partial charge on any atom is 0.0542 e. The van der Waals surface area contributed by atoms with Gasteiger partial charge >= 0.3 is 0 Å². The molecule has 1 aromatic carbocycles. The summed E-state index contributed by atoms with van der Waals surface area (Å²) in [6.07, 6.45) is 0. The van der Waals surface area contributed by atoms with E-state index in [1.54, 1.807) is 0 Å². The summed E-state index contributed by atoms with van der Waals surface area (Å²) in [5.41, 5.74) is 1.16. The first-order valence-corrected chi connectivity index (χ1v) is 5.65. The van der Waals surface area contributed by atoms with Gasteiger partial charge in [-0.1, -0.05) is 12.1 Å². The van der Waals surface area contributed by atoms with E-state index in [1.165, 1.54) is 0 Å². The summed E-state index contributed by atoms with van der Waals surface area (Å²) in [6.45, 7) is 2.80. The van der Waals surface area contributed by atoms with E-state index in [2.05, 4.69) is 5.32 Å². The molecule has 0 aliphatic carbocycles. The fourth-order valence-corrected chi connectivity index (χ4v) is 2.24. The average Bonchev–Trinajstić information content (AvgIpc) is 2.14. The van der Waals surface area contributed by atoms with Gasteiger partial charge in [0.15, 0.2) is 0 Å². The van der Waals surface area contributed by atoms with E-state index in [4.69, 9.17) is 0 Å². The molecule has 2 nitrogen and oxygen atoms in total. The Balaban J connectivity index is 2.66. The third-order valence-electron chi connectivity index (χ3n) is 1.79. The maximum absolute atomic E-state index is 11.6. The molecule has 1 N–H and O–H groups in total. The van der Waals surface area contributed by atoms with Crippen LogP contribution >= 0.6 is 0 Å². The molecular weight excluding hydrogens is 182 g/mol. The van der Waals surface area contributed by atoms with Gasteiger partial charge < -0.3 is 5.32 Å². The van der Waals surface area contributed by atoms with Gasteiger partial charge in [-0.05, 0) is 31.7 Å². The van der Waals surface area contributed by atoms with Crippen LogP contribution in [0.15, 0.2) is 29.2 Å². The zero-order chi connectivity index (χ0) is 9.68.